The number of aliphatic carboxylic acids is 1. The van der Waals surface area contributed by atoms with Crippen LogP contribution >= 0.6 is 0 Å². The molecule has 5 heteroatoms. The number of benzene rings is 1. The van der Waals surface area contributed by atoms with Crippen LogP contribution < -0.4 is 5.32 Å². The summed E-state index contributed by atoms with van der Waals surface area (Å²) in [6.45, 7) is 3.85. The second kappa shape index (κ2) is 5.83. The van der Waals surface area contributed by atoms with E-state index < -0.39 is 5.97 Å². The summed E-state index contributed by atoms with van der Waals surface area (Å²) in [4.78, 5) is 22.9. The zero-order chi connectivity index (χ0) is 15.6. The number of hydrogen-bond acceptors (Lipinski definition) is 2. The van der Waals surface area contributed by atoms with Crippen molar-refractivity contribution < 1.29 is 14.7 Å². The van der Waals surface area contributed by atoms with E-state index in [9.17, 15) is 9.59 Å². The van der Waals surface area contributed by atoms with E-state index in [0.29, 0.717) is 16.8 Å². The zero-order valence-electron chi connectivity index (χ0n) is 12.3. The van der Waals surface area contributed by atoms with Crippen LogP contribution in [-0.2, 0) is 18.3 Å². The van der Waals surface area contributed by atoms with Gasteiger partial charge in [0.25, 0.3) is 5.91 Å². The molecule has 0 aliphatic rings. The molecule has 2 rings (SSSR count). The number of carbonyl (C=O) groups is 2. The van der Waals surface area contributed by atoms with Gasteiger partial charge in [-0.05, 0) is 37.6 Å². The van der Waals surface area contributed by atoms with Gasteiger partial charge in [-0.25, -0.2) is 0 Å². The molecule has 0 atom stereocenters. The number of anilines is 1. The first kappa shape index (κ1) is 14.8. The first-order chi connectivity index (χ1) is 9.88. The van der Waals surface area contributed by atoms with Crippen molar-refractivity contribution in [3.63, 3.8) is 0 Å². The molecule has 2 aromatic rings. The average molecular weight is 286 g/mol. The van der Waals surface area contributed by atoms with Crippen LogP contribution in [0.3, 0.4) is 0 Å². The normalized spacial score (nSPS) is 10.4. The van der Waals surface area contributed by atoms with Gasteiger partial charge >= 0.3 is 5.97 Å². The number of carbonyl (C=O) groups excluding carboxylic acids is 1. The fraction of sp³-hybridized carbons (Fsp3) is 0.250. The third-order valence-corrected chi connectivity index (χ3v) is 3.59. The Morgan fingerprint density at radius 2 is 1.81 bits per heavy atom. The Morgan fingerprint density at radius 1 is 1.19 bits per heavy atom. The molecule has 0 saturated carbocycles. The summed E-state index contributed by atoms with van der Waals surface area (Å²) in [5.74, 6) is -1.04. The van der Waals surface area contributed by atoms with Crippen molar-refractivity contribution in [2.75, 3.05) is 5.32 Å². The van der Waals surface area contributed by atoms with Gasteiger partial charge in [-0.15, -0.1) is 0 Å². The van der Waals surface area contributed by atoms with Gasteiger partial charge < -0.3 is 15.0 Å². The summed E-state index contributed by atoms with van der Waals surface area (Å²) in [6.07, 6.45) is -0.0226. The molecule has 1 heterocycles. The Bertz CT molecular complexity index is 684. The van der Waals surface area contributed by atoms with Crippen molar-refractivity contribution >= 4 is 17.6 Å². The maximum absolute atomic E-state index is 12.2. The fourth-order valence-electron chi connectivity index (χ4n) is 2.16. The molecular weight excluding hydrogens is 268 g/mol. The first-order valence-corrected chi connectivity index (χ1v) is 6.63. The lowest BCUT2D eigenvalue weighted by Crippen LogP contribution is -2.13. The molecule has 0 unspecified atom stereocenters. The Hall–Kier alpha value is -2.56. The van der Waals surface area contributed by atoms with E-state index in [2.05, 4.69) is 5.32 Å². The first-order valence-electron chi connectivity index (χ1n) is 6.63. The van der Waals surface area contributed by atoms with Crippen LogP contribution in [0.2, 0.25) is 0 Å². The SMILES string of the molecule is Cc1cc(C(=O)Nc2ccc(CC(=O)O)cc2)c(C)n1C. The predicted octanol–water partition coefficient (Wildman–Crippen LogP) is 2.52. The van der Waals surface area contributed by atoms with Crippen LogP contribution in [0.4, 0.5) is 5.69 Å². The monoisotopic (exact) mass is 286 g/mol. The van der Waals surface area contributed by atoms with Crippen molar-refractivity contribution in [2.24, 2.45) is 7.05 Å². The summed E-state index contributed by atoms with van der Waals surface area (Å²) >= 11 is 0. The third kappa shape index (κ3) is 3.31. The number of carboxylic acids is 1. The highest BCUT2D eigenvalue weighted by molar-refractivity contribution is 6.05. The lowest BCUT2D eigenvalue weighted by molar-refractivity contribution is -0.136. The summed E-state index contributed by atoms with van der Waals surface area (Å²) in [6, 6.07) is 8.67. The van der Waals surface area contributed by atoms with Gasteiger partial charge in [0.15, 0.2) is 0 Å². The molecule has 0 aliphatic carbocycles. The Kier molecular flexibility index (Phi) is 4.12. The predicted molar refractivity (Wildman–Crippen MR) is 80.6 cm³/mol. The molecule has 5 nitrogen and oxygen atoms in total. The van der Waals surface area contributed by atoms with E-state index in [-0.39, 0.29) is 12.3 Å². The molecule has 0 radical (unpaired) electrons. The van der Waals surface area contributed by atoms with Crippen molar-refractivity contribution in [3.8, 4) is 0 Å². The van der Waals surface area contributed by atoms with E-state index in [0.717, 1.165) is 11.4 Å². The van der Waals surface area contributed by atoms with Crippen LogP contribution in [0, 0.1) is 13.8 Å². The molecule has 1 aromatic carbocycles. The topological polar surface area (TPSA) is 71.3 Å². The molecular formula is C16H18N2O3. The lowest BCUT2D eigenvalue weighted by atomic mass is 10.1. The van der Waals surface area contributed by atoms with E-state index in [4.69, 9.17) is 5.11 Å². The Balaban J connectivity index is 2.12. The van der Waals surface area contributed by atoms with Crippen molar-refractivity contribution in [1.82, 2.24) is 4.57 Å². The molecule has 0 aliphatic heterocycles. The van der Waals surface area contributed by atoms with E-state index in [1.54, 1.807) is 24.3 Å². The smallest absolute Gasteiger partial charge is 0.307 e. The van der Waals surface area contributed by atoms with Crippen LogP contribution in [0.25, 0.3) is 0 Å². The number of rotatable bonds is 4. The van der Waals surface area contributed by atoms with Crippen molar-refractivity contribution in [2.45, 2.75) is 20.3 Å². The number of hydrogen-bond donors (Lipinski definition) is 2. The van der Waals surface area contributed by atoms with Gasteiger partial charge in [0, 0.05) is 24.1 Å². The lowest BCUT2D eigenvalue weighted by Gasteiger charge is -2.06. The molecule has 0 spiro atoms. The molecule has 110 valence electrons. The summed E-state index contributed by atoms with van der Waals surface area (Å²) in [5, 5.41) is 11.5. The number of aromatic nitrogens is 1. The van der Waals surface area contributed by atoms with Crippen LogP contribution in [-0.4, -0.2) is 21.6 Å². The van der Waals surface area contributed by atoms with Gasteiger partial charge in [0.1, 0.15) is 0 Å². The standard InChI is InChI=1S/C16H18N2O3/c1-10-8-14(11(2)18(10)3)16(21)17-13-6-4-12(5-7-13)9-15(19)20/h4-8H,9H2,1-3H3,(H,17,21)(H,19,20). The van der Waals surface area contributed by atoms with E-state index in [1.807, 2.05) is 31.5 Å². The maximum atomic E-state index is 12.2. The number of nitrogens with zero attached hydrogens (tertiary/aromatic N) is 1. The average Bonchev–Trinajstić information content (AvgIpc) is 2.68. The number of carboxylic acid groups (broad SMARTS) is 1. The highest BCUT2D eigenvalue weighted by Gasteiger charge is 2.14. The van der Waals surface area contributed by atoms with Gasteiger partial charge in [0.05, 0.1) is 12.0 Å². The minimum Gasteiger partial charge on any atom is -0.481 e. The van der Waals surface area contributed by atoms with Crippen LogP contribution in [0.1, 0.15) is 27.3 Å². The van der Waals surface area contributed by atoms with Gasteiger partial charge in [-0.1, -0.05) is 12.1 Å². The highest BCUT2D eigenvalue weighted by Crippen LogP contribution is 2.16. The highest BCUT2D eigenvalue weighted by atomic mass is 16.4. The van der Waals surface area contributed by atoms with Crippen LogP contribution in [0.5, 0.6) is 0 Å². The molecule has 0 saturated heterocycles. The molecule has 1 amide bonds. The quantitative estimate of drug-likeness (QED) is 0.907. The molecule has 0 fully saturated rings. The van der Waals surface area contributed by atoms with Gasteiger partial charge in [-0.2, -0.15) is 0 Å². The summed E-state index contributed by atoms with van der Waals surface area (Å²) in [5.41, 5.74) is 3.92. The minimum absolute atomic E-state index is 0.0226. The van der Waals surface area contributed by atoms with Gasteiger partial charge in [0.2, 0.25) is 0 Å². The molecule has 21 heavy (non-hydrogen) atoms. The minimum atomic E-state index is -0.873. The Morgan fingerprint density at radius 3 is 2.29 bits per heavy atom. The fourth-order valence-corrected chi connectivity index (χ4v) is 2.16. The number of aryl methyl sites for hydroxylation is 1. The third-order valence-electron chi connectivity index (χ3n) is 3.59. The molecule has 1 aromatic heterocycles. The Labute approximate surface area is 123 Å². The largest absolute Gasteiger partial charge is 0.481 e. The molecule has 0 bridgehead atoms. The van der Waals surface area contributed by atoms with E-state index >= 15 is 0 Å². The maximum Gasteiger partial charge on any atom is 0.307 e. The summed E-state index contributed by atoms with van der Waals surface area (Å²) < 4.78 is 1.96. The van der Waals surface area contributed by atoms with Crippen molar-refractivity contribution in [1.29, 1.82) is 0 Å². The number of amides is 1. The summed E-state index contributed by atoms with van der Waals surface area (Å²) in [7, 11) is 1.92. The second-order valence-corrected chi connectivity index (χ2v) is 5.07. The van der Waals surface area contributed by atoms with Crippen molar-refractivity contribution in [3.05, 3.63) is 52.8 Å². The van der Waals surface area contributed by atoms with Gasteiger partial charge in [-0.3, -0.25) is 9.59 Å². The number of nitrogens with one attached hydrogen (secondary N) is 1. The van der Waals surface area contributed by atoms with E-state index in [1.165, 1.54) is 0 Å². The second-order valence-electron chi connectivity index (χ2n) is 5.07. The molecule has 2 N–H and O–H groups in total. The van der Waals surface area contributed by atoms with Crippen LogP contribution in [0.15, 0.2) is 30.3 Å². The zero-order valence-corrected chi connectivity index (χ0v) is 12.3.